The quantitative estimate of drug-likeness (QED) is 0.611. The van der Waals surface area contributed by atoms with Crippen molar-refractivity contribution in [2.75, 3.05) is 5.73 Å². The van der Waals surface area contributed by atoms with Crippen molar-refractivity contribution >= 4 is 14.0 Å². The van der Waals surface area contributed by atoms with Crippen LogP contribution in [0.5, 0.6) is 5.75 Å². The van der Waals surface area contributed by atoms with E-state index >= 15 is 0 Å². The molecule has 1 saturated carbocycles. The Hall–Kier alpha value is -1.07. The van der Waals surface area contributed by atoms with Crippen LogP contribution in [0.3, 0.4) is 0 Å². The van der Waals surface area contributed by atoms with Crippen molar-refractivity contribution in [2.24, 2.45) is 0 Å². The molecule has 0 bridgehead atoms. The average molecular weight is 340 g/mol. The second kappa shape index (κ2) is 6.81. The Balaban J connectivity index is 2.00. The van der Waals surface area contributed by atoms with Crippen LogP contribution in [0, 0.1) is 5.82 Å². The number of nitrogen functional groups attached to an aromatic ring is 1. The Morgan fingerprint density at radius 1 is 1.17 bits per heavy atom. The summed E-state index contributed by atoms with van der Waals surface area (Å²) >= 11 is 0. The fourth-order valence-electron chi connectivity index (χ4n) is 2.70. The van der Waals surface area contributed by atoms with Gasteiger partial charge >= 0.3 is 0 Å². The smallest absolute Gasteiger partial charge is 0.192 e. The maximum Gasteiger partial charge on any atom is 0.192 e. The minimum atomic E-state index is -1.77. The molecule has 5 heteroatoms. The number of benzene rings is 1. The number of rotatable bonds is 4. The fourth-order valence-corrected chi connectivity index (χ4v) is 4.10. The van der Waals surface area contributed by atoms with Gasteiger partial charge in [0.1, 0.15) is 17.7 Å². The van der Waals surface area contributed by atoms with Gasteiger partial charge in [0.25, 0.3) is 0 Å². The third-order valence-electron chi connectivity index (χ3n) is 5.11. The summed E-state index contributed by atoms with van der Waals surface area (Å²) in [5, 5.41) is 0.202. The normalized spacial score (nSPS) is 22.9. The molecule has 0 spiro atoms. The van der Waals surface area contributed by atoms with Crippen molar-refractivity contribution in [1.82, 2.24) is 0 Å². The topological polar surface area (TPSA) is 44.5 Å². The third-order valence-corrected chi connectivity index (χ3v) is 9.65. The van der Waals surface area contributed by atoms with E-state index in [-0.39, 0.29) is 23.1 Å². The highest BCUT2D eigenvalue weighted by Gasteiger charge is 2.40. The molecular formula is C18H30FNO2Si. The first-order chi connectivity index (χ1) is 10.6. The molecular weight excluding hydrogens is 309 g/mol. The van der Waals surface area contributed by atoms with E-state index in [4.69, 9.17) is 14.9 Å². The molecule has 0 aromatic heterocycles. The second-order valence-corrected chi connectivity index (χ2v) is 12.8. The van der Waals surface area contributed by atoms with E-state index in [0.717, 1.165) is 25.7 Å². The van der Waals surface area contributed by atoms with Crippen molar-refractivity contribution < 1.29 is 13.6 Å². The van der Waals surface area contributed by atoms with E-state index < -0.39 is 8.32 Å². The summed E-state index contributed by atoms with van der Waals surface area (Å²) in [6.07, 6.45) is 4.23. The van der Waals surface area contributed by atoms with Crippen LogP contribution in [0.4, 0.5) is 10.1 Å². The van der Waals surface area contributed by atoms with Crippen molar-refractivity contribution in [1.29, 1.82) is 0 Å². The van der Waals surface area contributed by atoms with Gasteiger partial charge in [0, 0.05) is 18.6 Å². The third kappa shape index (κ3) is 4.70. The van der Waals surface area contributed by atoms with Crippen LogP contribution in [0.2, 0.25) is 18.1 Å². The fraction of sp³-hybridized carbons (Fsp3) is 0.667. The highest BCUT2D eigenvalue weighted by Crippen LogP contribution is 2.39. The summed E-state index contributed by atoms with van der Waals surface area (Å²) in [5.74, 6) is 0.127. The lowest BCUT2D eigenvalue weighted by molar-refractivity contribution is 0.0602. The average Bonchev–Trinajstić information content (AvgIpc) is 2.41. The Morgan fingerprint density at radius 2 is 1.83 bits per heavy atom. The van der Waals surface area contributed by atoms with Gasteiger partial charge in [-0.2, -0.15) is 0 Å². The molecule has 0 saturated heterocycles. The van der Waals surface area contributed by atoms with E-state index in [1.54, 1.807) is 6.07 Å². The number of hydrogen-bond acceptors (Lipinski definition) is 3. The predicted octanol–water partition coefficient (Wildman–Crippen LogP) is 5.12. The van der Waals surface area contributed by atoms with Gasteiger partial charge < -0.3 is 14.9 Å². The van der Waals surface area contributed by atoms with Crippen LogP contribution in [0.25, 0.3) is 0 Å². The van der Waals surface area contributed by atoms with Gasteiger partial charge in [-0.25, -0.2) is 4.39 Å². The van der Waals surface area contributed by atoms with Gasteiger partial charge in [-0.15, -0.1) is 0 Å². The van der Waals surface area contributed by atoms with Crippen LogP contribution >= 0.6 is 0 Å². The molecule has 0 amide bonds. The molecule has 2 N–H and O–H groups in total. The molecule has 130 valence electrons. The molecule has 2 rings (SSSR count). The summed E-state index contributed by atoms with van der Waals surface area (Å²) in [6.45, 7) is 11.3. The minimum absolute atomic E-state index is 0.0441. The lowest BCUT2D eigenvalue weighted by Gasteiger charge is -2.41. The zero-order chi connectivity index (χ0) is 17.3. The monoisotopic (exact) mass is 339 g/mol. The first kappa shape index (κ1) is 18.3. The molecule has 0 aliphatic heterocycles. The summed E-state index contributed by atoms with van der Waals surface area (Å²) in [7, 11) is -1.77. The van der Waals surface area contributed by atoms with Crippen LogP contribution in [0.15, 0.2) is 18.2 Å². The SMILES string of the molecule is CC(C)(C)[Si](C)(C)OC1CCCC(Oc2cc(F)ccc2N)C1. The summed E-state index contributed by atoms with van der Waals surface area (Å²) in [5.41, 5.74) is 6.37. The molecule has 1 aliphatic carbocycles. The molecule has 2 unspecified atom stereocenters. The number of halogens is 1. The Kier molecular flexibility index (Phi) is 5.41. The lowest BCUT2D eigenvalue weighted by Crippen LogP contribution is -2.45. The van der Waals surface area contributed by atoms with E-state index in [1.165, 1.54) is 12.1 Å². The maximum atomic E-state index is 13.4. The van der Waals surface area contributed by atoms with Crippen LogP contribution in [-0.4, -0.2) is 20.5 Å². The number of ether oxygens (including phenoxy) is 1. The van der Waals surface area contributed by atoms with Crippen LogP contribution in [0.1, 0.15) is 46.5 Å². The molecule has 1 aromatic carbocycles. The van der Waals surface area contributed by atoms with Gasteiger partial charge in [0.2, 0.25) is 0 Å². The summed E-state index contributed by atoms with van der Waals surface area (Å²) in [4.78, 5) is 0. The number of nitrogens with two attached hydrogens (primary N) is 1. The summed E-state index contributed by atoms with van der Waals surface area (Å²) in [6, 6.07) is 4.27. The number of anilines is 1. The predicted molar refractivity (Wildman–Crippen MR) is 95.8 cm³/mol. The molecule has 1 fully saturated rings. The summed E-state index contributed by atoms with van der Waals surface area (Å²) < 4.78 is 25.9. The van der Waals surface area contributed by atoms with Crippen molar-refractivity contribution in [3.05, 3.63) is 24.0 Å². The Labute approximate surface area is 140 Å². The molecule has 3 nitrogen and oxygen atoms in total. The van der Waals surface area contributed by atoms with Gasteiger partial charge in [0.15, 0.2) is 8.32 Å². The van der Waals surface area contributed by atoms with Gasteiger partial charge in [-0.1, -0.05) is 20.8 Å². The van der Waals surface area contributed by atoms with E-state index in [0.29, 0.717) is 11.4 Å². The zero-order valence-corrected chi connectivity index (χ0v) is 16.0. The van der Waals surface area contributed by atoms with Gasteiger partial charge in [0.05, 0.1) is 5.69 Å². The molecule has 0 radical (unpaired) electrons. The number of hydrogen-bond donors (Lipinski definition) is 1. The van der Waals surface area contributed by atoms with Crippen molar-refractivity contribution in [3.63, 3.8) is 0 Å². The highest BCUT2D eigenvalue weighted by molar-refractivity contribution is 6.74. The Morgan fingerprint density at radius 3 is 2.48 bits per heavy atom. The van der Waals surface area contributed by atoms with Crippen LogP contribution in [-0.2, 0) is 4.43 Å². The standard InChI is InChI=1S/C18H30FNO2Si/c1-18(2,3)23(4,5)22-15-8-6-7-14(12-15)21-17-11-13(19)9-10-16(17)20/h9-11,14-15H,6-8,12,20H2,1-5H3. The van der Waals surface area contributed by atoms with Gasteiger partial charge in [-0.3, -0.25) is 0 Å². The minimum Gasteiger partial charge on any atom is -0.488 e. The largest absolute Gasteiger partial charge is 0.488 e. The van der Waals surface area contributed by atoms with Crippen molar-refractivity contribution in [2.45, 2.75) is 76.8 Å². The zero-order valence-electron chi connectivity index (χ0n) is 15.0. The second-order valence-electron chi connectivity index (χ2n) is 8.09. The van der Waals surface area contributed by atoms with Crippen molar-refractivity contribution in [3.8, 4) is 5.75 Å². The van der Waals surface area contributed by atoms with Crippen LogP contribution < -0.4 is 10.5 Å². The van der Waals surface area contributed by atoms with E-state index in [1.807, 2.05) is 0 Å². The lowest BCUT2D eigenvalue weighted by atomic mass is 9.95. The van der Waals surface area contributed by atoms with E-state index in [9.17, 15) is 4.39 Å². The molecule has 2 atom stereocenters. The molecule has 23 heavy (non-hydrogen) atoms. The van der Waals surface area contributed by atoms with Gasteiger partial charge in [-0.05, 0) is 49.5 Å². The van der Waals surface area contributed by atoms with E-state index in [2.05, 4.69) is 33.9 Å². The molecule has 1 aromatic rings. The first-order valence-corrected chi connectivity index (χ1v) is 11.4. The Bertz CT molecular complexity index is 542. The molecule has 0 heterocycles. The molecule has 1 aliphatic rings. The first-order valence-electron chi connectivity index (χ1n) is 8.48. The maximum absolute atomic E-state index is 13.4. The highest BCUT2D eigenvalue weighted by atomic mass is 28.4.